The molecular weight excluding hydrogens is 474 g/mol. The molecular formula is C21H17ClF2N6O4. The molecule has 0 fully saturated rings. The number of anilines is 4. The lowest BCUT2D eigenvalue weighted by atomic mass is 9.96. The summed E-state index contributed by atoms with van der Waals surface area (Å²) in [6, 6.07) is 5.93. The summed E-state index contributed by atoms with van der Waals surface area (Å²) in [7, 11) is 1.24. The number of nitriles is 1. The maximum absolute atomic E-state index is 14.0. The molecule has 0 spiro atoms. The Balaban J connectivity index is 2.06. The van der Waals surface area contributed by atoms with E-state index in [-0.39, 0.29) is 45.0 Å². The number of aliphatic hydroxyl groups is 1. The van der Waals surface area contributed by atoms with E-state index in [1.807, 2.05) is 6.07 Å². The van der Waals surface area contributed by atoms with Crippen molar-refractivity contribution in [1.82, 2.24) is 9.97 Å². The number of aromatic nitrogens is 2. The van der Waals surface area contributed by atoms with Crippen LogP contribution in [0.1, 0.15) is 25.0 Å². The lowest BCUT2D eigenvalue weighted by molar-refractivity contribution is -0.387. The van der Waals surface area contributed by atoms with E-state index in [9.17, 15) is 29.3 Å². The summed E-state index contributed by atoms with van der Waals surface area (Å²) < 4.78 is 33.0. The first-order valence-electron chi connectivity index (χ1n) is 9.49. The molecule has 0 atom stereocenters. The molecule has 0 bridgehead atoms. The Morgan fingerprint density at radius 2 is 1.91 bits per heavy atom. The smallest absolute Gasteiger partial charge is 0.307 e. The quantitative estimate of drug-likeness (QED) is 0.310. The molecule has 1 heterocycles. The van der Waals surface area contributed by atoms with Crippen molar-refractivity contribution < 1.29 is 23.5 Å². The van der Waals surface area contributed by atoms with Crippen LogP contribution in [0.3, 0.4) is 0 Å². The number of rotatable bonds is 7. The minimum atomic E-state index is -1.48. The normalized spacial score (nSPS) is 11.0. The monoisotopic (exact) mass is 490 g/mol. The lowest BCUT2D eigenvalue weighted by Gasteiger charge is -2.23. The minimum absolute atomic E-state index is 0.00624. The third kappa shape index (κ3) is 5.11. The molecule has 0 unspecified atom stereocenters. The summed E-state index contributed by atoms with van der Waals surface area (Å²) in [5, 5.41) is 36.3. The van der Waals surface area contributed by atoms with Gasteiger partial charge in [-0.25, -0.2) is 9.37 Å². The Morgan fingerprint density at radius 3 is 2.50 bits per heavy atom. The standard InChI is InChI=1S/C21H17ClF2N6O4/c1-21(2,31)11-4-13(23)12(22)5-15(11)27-19-10(8-25)9-26-20(29-19)28-16-7-17(30(32)33)14(24)6-18(16)34-3/h4-7,9,31H,1-3H3,(H2,26,27,28,29). The molecule has 0 saturated heterocycles. The number of ether oxygens (including phenoxy) is 1. The third-order valence-corrected chi connectivity index (χ3v) is 4.88. The topological polar surface area (TPSA) is 146 Å². The summed E-state index contributed by atoms with van der Waals surface area (Å²) >= 11 is 5.89. The first kappa shape index (κ1) is 24.6. The van der Waals surface area contributed by atoms with Crippen LogP contribution in [0.5, 0.6) is 5.75 Å². The molecule has 2 aromatic carbocycles. The summed E-state index contributed by atoms with van der Waals surface area (Å²) in [4.78, 5) is 18.4. The van der Waals surface area contributed by atoms with Crippen LogP contribution < -0.4 is 15.4 Å². The highest BCUT2D eigenvalue weighted by Crippen LogP contribution is 2.36. The van der Waals surface area contributed by atoms with Crippen molar-refractivity contribution in [3.05, 3.63) is 68.4 Å². The first-order valence-corrected chi connectivity index (χ1v) is 9.87. The molecule has 0 saturated carbocycles. The Bertz CT molecular complexity index is 1320. The van der Waals surface area contributed by atoms with Crippen molar-refractivity contribution in [2.45, 2.75) is 19.4 Å². The van der Waals surface area contributed by atoms with Gasteiger partial charge < -0.3 is 20.5 Å². The van der Waals surface area contributed by atoms with Crippen molar-refractivity contribution in [2.24, 2.45) is 0 Å². The zero-order valence-corrected chi connectivity index (χ0v) is 18.7. The second-order valence-corrected chi connectivity index (χ2v) is 7.86. The number of benzene rings is 2. The van der Waals surface area contributed by atoms with Crippen LogP contribution in [0.15, 0.2) is 30.5 Å². The molecule has 3 aromatic rings. The van der Waals surface area contributed by atoms with Gasteiger partial charge >= 0.3 is 5.69 Å². The number of hydrogen-bond donors (Lipinski definition) is 3. The number of nitro groups is 1. The first-order chi connectivity index (χ1) is 15.9. The summed E-state index contributed by atoms with van der Waals surface area (Å²) in [5.41, 5.74) is -1.98. The van der Waals surface area contributed by atoms with Gasteiger partial charge in [-0.2, -0.15) is 14.6 Å². The van der Waals surface area contributed by atoms with Crippen molar-refractivity contribution >= 4 is 40.4 Å². The van der Waals surface area contributed by atoms with Crippen LogP contribution in [0.25, 0.3) is 0 Å². The Labute approximate surface area is 196 Å². The molecule has 0 amide bonds. The molecule has 0 radical (unpaired) electrons. The van der Waals surface area contributed by atoms with Crippen LogP contribution in [-0.2, 0) is 5.60 Å². The van der Waals surface area contributed by atoms with E-state index in [0.29, 0.717) is 0 Å². The van der Waals surface area contributed by atoms with Gasteiger partial charge in [0.15, 0.2) is 5.82 Å². The SMILES string of the molecule is COc1cc(F)c([N+](=O)[O-])cc1Nc1ncc(C#N)c(Nc2cc(Cl)c(F)cc2C(C)(C)O)n1. The highest BCUT2D eigenvalue weighted by Gasteiger charge is 2.24. The number of nitro benzene ring substituents is 1. The maximum atomic E-state index is 14.0. The summed E-state index contributed by atoms with van der Waals surface area (Å²) in [5.74, 6) is -2.06. The number of nitrogens with zero attached hydrogens (tertiary/aromatic N) is 4. The van der Waals surface area contributed by atoms with E-state index in [1.165, 1.54) is 27.0 Å². The van der Waals surface area contributed by atoms with E-state index >= 15 is 0 Å². The van der Waals surface area contributed by atoms with E-state index in [4.69, 9.17) is 16.3 Å². The van der Waals surface area contributed by atoms with Gasteiger partial charge in [-0.05, 0) is 26.0 Å². The minimum Gasteiger partial charge on any atom is -0.494 e. The zero-order chi connectivity index (χ0) is 25.2. The fourth-order valence-corrected chi connectivity index (χ4v) is 3.14. The van der Waals surface area contributed by atoms with Crippen LogP contribution in [0, 0.1) is 33.1 Å². The second kappa shape index (κ2) is 9.42. The zero-order valence-electron chi connectivity index (χ0n) is 18.0. The lowest BCUT2D eigenvalue weighted by Crippen LogP contribution is -2.18. The van der Waals surface area contributed by atoms with E-state index in [2.05, 4.69) is 20.6 Å². The number of hydrogen-bond acceptors (Lipinski definition) is 9. The van der Waals surface area contributed by atoms with Crippen molar-refractivity contribution in [1.29, 1.82) is 5.26 Å². The van der Waals surface area contributed by atoms with E-state index in [0.717, 1.165) is 24.4 Å². The molecule has 0 aliphatic carbocycles. The summed E-state index contributed by atoms with van der Waals surface area (Å²) in [6.07, 6.45) is 1.16. The molecule has 1 aromatic heterocycles. The van der Waals surface area contributed by atoms with Crippen LogP contribution >= 0.6 is 11.6 Å². The highest BCUT2D eigenvalue weighted by atomic mass is 35.5. The molecule has 0 aliphatic heterocycles. The summed E-state index contributed by atoms with van der Waals surface area (Å²) in [6.45, 7) is 2.87. The maximum Gasteiger partial charge on any atom is 0.307 e. The number of halogens is 3. The highest BCUT2D eigenvalue weighted by molar-refractivity contribution is 6.31. The van der Waals surface area contributed by atoms with Crippen molar-refractivity contribution in [2.75, 3.05) is 17.7 Å². The van der Waals surface area contributed by atoms with Gasteiger partial charge in [-0.3, -0.25) is 10.1 Å². The molecule has 3 N–H and O–H groups in total. The molecule has 10 nitrogen and oxygen atoms in total. The number of methoxy groups -OCH3 is 1. The third-order valence-electron chi connectivity index (χ3n) is 4.59. The van der Waals surface area contributed by atoms with Crippen LogP contribution in [0.2, 0.25) is 5.02 Å². The van der Waals surface area contributed by atoms with Crippen molar-refractivity contribution in [3.8, 4) is 11.8 Å². The van der Waals surface area contributed by atoms with Gasteiger partial charge in [0.2, 0.25) is 11.8 Å². The largest absolute Gasteiger partial charge is 0.494 e. The Morgan fingerprint density at radius 1 is 1.21 bits per heavy atom. The Kier molecular flexibility index (Phi) is 6.80. The van der Waals surface area contributed by atoms with Gasteiger partial charge in [0, 0.05) is 23.4 Å². The molecule has 13 heteroatoms. The van der Waals surface area contributed by atoms with E-state index in [1.54, 1.807) is 0 Å². The second-order valence-electron chi connectivity index (χ2n) is 7.45. The Hall–Kier alpha value is -4.08. The fraction of sp³-hybridized carbons (Fsp3) is 0.190. The van der Waals surface area contributed by atoms with Crippen LogP contribution in [0.4, 0.5) is 37.6 Å². The average Bonchev–Trinajstić information content (AvgIpc) is 2.76. The van der Waals surface area contributed by atoms with Gasteiger partial charge in [0.1, 0.15) is 23.2 Å². The number of nitrogens with one attached hydrogen (secondary N) is 2. The van der Waals surface area contributed by atoms with Crippen molar-refractivity contribution in [3.63, 3.8) is 0 Å². The molecule has 3 rings (SSSR count). The van der Waals surface area contributed by atoms with E-state index < -0.39 is 27.8 Å². The van der Waals surface area contributed by atoms with Gasteiger partial charge in [-0.1, -0.05) is 11.6 Å². The van der Waals surface area contributed by atoms with Gasteiger partial charge in [-0.15, -0.1) is 0 Å². The average molecular weight is 491 g/mol. The van der Waals surface area contributed by atoms with Crippen LogP contribution in [-0.4, -0.2) is 27.1 Å². The fourth-order valence-electron chi connectivity index (χ4n) is 2.97. The van der Waals surface area contributed by atoms with Gasteiger partial charge in [0.25, 0.3) is 0 Å². The van der Waals surface area contributed by atoms with Gasteiger partial charge in [0.05, 0.1) is 34.5 Å². The predicted molar refractivity (Wildman–Crippen MR) is 120 cm³/mol. The molecule has 176 valence electrons. The predicted octanol–water partition coefficient (Wildman–Crippen LogP) is 4.91. The molecule has 34 heavy (non-hydrogen) atoms. The molecule has 0 aliphatic rings.